The van der Waals surface area contributed by atoms with Gasteiger partial charge in [0.2, 0.25) is 0 Å². The number of rotatable bonds is 6. The minimum atomic E-state index is 0. The van der Waals surface area contributed by atoms with Crippen molar-refractivity contribution in [2.45, 2.75) is 33.0 Å². The van der Waals surface area contributed by atoms with Crippen LogP contribution in [0.3, 0.4) is 0 Å². The van der Waals surface area contributed by atoms with Gasteiger partial charge in [-0.25, -0.2) is 5.10 Å². The highest BCUT2D eigenvalue weighted by atomic mass is 35.5. The summed E-state index contributed by atoms with van der Waals surface area (Å²) in [7, 11) is 0. The summed E-state index contributed by atoms with van der Waals surface area (Å²) in [6.45, 7) is 3.89. The quantitative estimate of drug-likeness (QED) is 0.464. The van der Waals surface area contributed by atoms with Gasteiger partial charge in [-0.05, 0) is 33.5 Å². The van der Waals surface area contributed by atoms with Crippen LogP contribution < -0.4 is 4.74 Å². The number of fused-ring (bicyclic) bond motifs is 1. The largest absolute Gasteiger partial charge is 0.488 e. The zero-order valence-electron chi connectivity index (χ0n) is 17.7. The molecular weight excluding hydrogens is 426 g/mol. The summed E-state index contributed by atoms with van der Waals surface area (Å²) >= 11 is 0. The number of nitrogens with zero attached hydrogens (tertiary/aromatic N) is 4. The number of halogens is 1. The van der Waals surface area contributed by atoms with Gasteiger partial charge in [0.1, 0.15) is 12.4 Å². The Morgan fingerprint density at radius 1 is 1.06 bits per heavy atom. The van der Waals surface area contributed by atoms with Crippen molar-refractivity contribution in [3.05, 3.63) is 77.1 Å². The minimum absolute atomic E-state index is 0. The van der Waals surface area contributed by atoms with Crippen LogP contribution >= 0.6 is 12.4 Å². The van der Waals surface area contributed by atoms with Gasteiger partial charge in [0, 0.05) is 29.3 Å². The fraction of sp³-hybridized carbons (Fsp3) is 0.250. The normalized spacial score (nSPS) is 12.7. The van der Waals surface area contributed by atoms with Crippen molar-refractivity contribution >= 4 is 12.4 Å². The van der Waals surface area contributed by atoms with Crippen LogP contribution in [-0.2, 0) is 30.8 Å². The van der Waals surface area contributed by atoms with E-state index in [4.69, 9.17) is 14.5 Å². The molecule has 7 nitrogen and oxygen atoms in total. The smallest absolute Gasteiger partial charge is 0.180 e. The Kier molecular flexibility index (Phi) is 6.78. The van der Waals surface area contributed by atoms with Crippen LogP contribution in [-0.4, -0.2) is 32.2 Å². The Balaban J connectivity index is 0.00000245. The van der Waals surface area contributed by atoms with Gasteiger partial charge in [0.05, 0.1) is 18.9 Å². The average Bonchev–Trinajstić information content (AvgIpc) is 3.37. The summed E-state index contributed by atoms with van der Waals surface area (Å²) in [5, 5.41) is 14.3. The van der Waals surface area contributed by atoms with Crippen molar-refractivity contribution in [1.29, 1.82) is 0 Å². The fourth-order valence-corrected chi connectivity index (χ4v) is 3.82. The van der Waals surface area contributed by atoms with Gasteiger partial charge in [-0.2, -0.15) is 0 Å². The van der Waals surface area contributed by atoms with Gasteiger partial charge in [-0.3, -0.25) is 4.98 Å². The number of aromatic nitrogens is 5. The number of nitrogens with one attached hydrogen (secondary N) is 1. The first-order valence-electron chi connectivity index (χ1n) is 10.5. The topological polar surface area (TPSA) is 85.8 Å². The van der Waals surface area contributed by atoms with Crippen LogP contribution in [0.5, 0.6) is 5.75 Å². The molecule has 0 fully saturated rings. The van der Waals surface area contributed by atoms with Crippen LogP contribution in [0.25, 0.3) is 22.5 Å². The van der Waals surface area contributed by atoms with Crippen LogP contribution in [0.4, 0.5) is 0 Å². The van der Waals surface area contributed by atoms with Crippen LogP contribution in [0.1, 0.15) is 29.4 Å². The molecule has 2 aromatic carbocycles. The maximum Gasteiger partial charge on any atom is 0.180 e. The summed E-state index contributed by atoms with van der Waals surface area (Å²) < 4.78 is 11.8. The Hall–Kier alpha value is -3.29. The summed E-state index contributed by atoms with van der Waals surface area (Å²) in [5.74, 6) is 1.54. The Morgan fingerprint density at radius 3 is 2.62 bits per heavy atom. The summed E-state index contributed by atoms with van der Waals surface area (Å²) in [6, 6.07) is 18.5. The summed E-state index contributed by atoms with van der Waals surface area (Å²) in [5.41, 5.74) is 7.48. The predicted octanol–water partition coefficient (Wildman–Crippen LogP) is 4.56. The van der Waals surface area contributed by atoms with E-state index in [1.54, 1.807) is 0 Å². The van der Waals surface area contributed by atoms with E-state index in [-0.39, 0.29) is 12.4 Å². The number of hydrogen-bond donors (Lipinski definition) is 1. The zero-order chi connectivity index (χ0) is 21.0. The molecule has 0 spiro atoms. The SMILES string of the molecule is CCc1cc(OCc2ccc(-c3ccccc3-c3nnn[nH]3)cc2)c2c(n1)CCOC2.Cl. The predicted molar refractivity (Wildman–Crippen MR) is 124 cm³/mol. The molecule has 0 aliphatic carbocycles. The second-order valence-electron chi connectivity index (χ2n) is 7.47. The molecule has 0 atom stereocenters. The molecule has 0 saturated carbocycles. The Labute approximate surface area is 192 Å². The molecule has 3 heterocycles. The summed E-state index contributed by atoms with van der Waals surface area (Å²) in [6.07, 6.45) is 1.73. The van der Waals surface area contributed by atoms with Gasteiger partial charge >= 0.3 is 0 Å². The van der Waals surface area contributed by atoms with Crippen LogP contribution in [0.15, 0.2) is 54.6 Å². The van der Waals surface area contributed by atoms with E-state index in [1.165, 1.54) is 0 Å². The molecule has 1 aliphatic rings. The third-order valence-electron chi connectivity index (χ3n) is 5.50. The van der Waals surface area contributed by atoms with E-state index in [1.807, 2.05) is 24.3 Å². The molecule has 32 heavy (non-hydrogen) atoms. The number of hydrogen-bond acceptors (Lipinski definition) is 6. The average molecular weight is 450 g/mol. The zero-order valence-corrected chi connectivity index (χ0v) is 18.6. The molecule has 5 rings (SSSR count). The molecule has 8 heteroatoms. The number of benzene rings is 2. The van der Waals surface area contributed by atoms with Crippen molar-refractivity contribution in [1.82, 2.24) is 25.6 Å². The highest BCUT2D eigenvalue weighted by Crippen LogP contribution is 2.31. The molecule has 164 valence electrons. The number of aryl methyl sites for hydroxylation is 1. The van der Waals surface area contributed by atoms with Crippen molar-refractivity contribution in [2.75, 3.05) is 6.61 Å². The minimum Gasteiger partial charge on any atom is -0.488 e. The van der Waals surface area contributed by atoms with Gasteiger partial charge in [0.25, 0.3) is 0 Å². The maximum atomic E-state index is 6.21. The molecule has 0 unspecified atom stereocenters. The van der Waals surface area contributed by atoms with Gasteiger partial charge in [0.15, 0.2) is 5.82 Å². The maximum absolute atomic E-state index is 6.21. The van der Waals surface area contributed by atoms with Crippen LogP contribution in [0, 0.1) is 0 Å². The molecule has 0 radical (unpaired) electrons. The lowest BCUT2D eigenvalue weighted by Gasteiger charge is -2.20. The van der Waals surface area contributed by atoms with E-state index in [0.717, 1.165) is 64.4 Å². The number of H-pyrrole nitrogens is 1. The molecule has 1 aliphatic heterocycles. The van der Waals surface area contributed by atoms with Gasteiger partial charge < -0.3 is 9.47 Å². The second-order valence-corrected chi connectivity index (χ2v) is 7.47. The fourth-order valence-electron chi connectivity index (χ4n) is 3.82. The van der Waals surface area contributed by atoms with Gasteiger partial charge in [-0.15, -0.1) is 17.5 Å². The number of ether oxygens (including phenoxy) is 2. The first-order chi connectivity index (χ1) is 15.3. The number of aromatic amines is 1. The Bertz CT molecular complexity index is 1180. The molecule has 2 aromatic heterocycles. The highest BCUT2D eigenvalue weighted by molar-refractivity contribution is 5.85. The second kappa shape index (κ2) is 9.89. The third kappa shape index (κ3) is 4.49. The van der Waals surface area contributed by atoms with Crippen molar-refractivity contribution in [3.8, 4) is 28.3 Å². The number of tetrazole rings is 1. The lowest BCUT2D eigenvalue weighted by atomic mass is 9.98. The monoisotopic (exact) mass is 449 g/mol. The lowest BCUT2D eigenvalue weighted by Crippen LogP contribution is -2.15. The third-order valence-corrected chi connectivity index (χ3v) is 5.50. The van der Waals surface area contributed by atoms with E-state index >= 15 is 0 Å². The standard InChI is InChI=1S/C24H23N5O2.ClH/c1-2-18-13-23(21-15-30-12-11-22(21)25-18)31-14-16-7-9-17(10-8-16)19-5-3-4-6-20(19)24-26-28-29-27-24;/h3-10,13H,2,11-12,14-15H2,1H3,(H,26,27,28,29);1H. The van der Waals surface area contributed by atoms with Crippen molar-refractivity contribution < 1.29 is 9.47 Å². The first kappa shape index (κ1) is 21.9. The van der Waals surface area contributed by atoms with Gasteiger partial charge in [-0.1, -0.05) is 55.5 Å². The van der Waals surface area contributed by atoms with E-state index < -0.39 is 0 Å². The summed E-state index contributed by atoms with van der Waals surface area (Å²) in [4.78, 5) is 4.75. The molecule has 0 amide bonds. The lowest BCUT2D eigenvalue weighted by molar-refractivity contribution is 0.105. The van der Waals surface area contributed by atoms with E-state index in [9.17, 15) is 0 Å². The van der Waals surface area contributed by atoms with E-state index in [2.05, 4.69) is 57.9 Å². The molecule has 0 bridgehead atoms. The first-order valence-corrected chi connectivity index (χ1v) is 10.5. The van der Waals surface area contributed by atoms with Crippen molar-refractivity contribution in [3.63, 3.8) is 0 Å². The molecule has 0 saturated heterocycles. The Morgan fingerprint density at radius 2 is 1.88 bits per heavy atom. The van der Waals surface area contributed by atoms with Crippen molar-refractivity contribution in [2.24, 2.45) is 0 Å². The highest BCUT2D eigenvalue weighted by Gasteiger charge is 2.18. The molecular formula is C24H24ClN5O2. The van der Waals surface area contributed by atoms with E-state index in [0.29, 0.717) is 19.0 Å². The van der Waals surface area contributed by atoms with Crippen LogP contribution in [0.2, 0.25) is 0 Å². The molecule has 4 aromatic rings. The number of pyridine rings is 1. The molecule has 1 N–H and O–H groups in total.